The molecule has 0 spiro atoms. The number of nitrogens with zero attached hydrogens (tertiary/aromatic N) is 1. The zero-order valence-corrected chi connectivity index (χ0v) is 11.6. The Kier molecular flexibility index (Phi) is 4.38. The van der Waals surface area contributed by atoms with Gasteiger partial charge in [0, 0.05) is 5.56 Å². The van der Waals surface area contributed by atoms with Gasteiger partial charge in [-0.1, -0.05) is 35.4 Å². The van der Waals surface area contributed by atoms with E-state index in [1.807, 2.05) is 6.92 Å². The standard InChI is InChI=1S/C15H13ClN2O2/c1-10-6-7-14(19)11(8-10)9-17-18-15(20)12-4-2-3-5-13(12)16/h2-9,19H,1H3,(H,18,20)/b17-9-. The maximum absolute atomic E-state index is 11.8. The lowest BCUT2D eigenvalue weighted by atomic mass is 10.1. The van der Waals surface area contributed by atoms with E-state index in [1.54, 1.807) is 42.5 Å². The van der Waals surface area contributed by atoms with Crippen molar-refractivity contribution < 1.29 is 9.90 Å². The van der Waals surface area contributed by atoms with Crippen molar-refractivity contribution in [1.82, 2.24) is 5.43 Å². The molecule has 0 fully saturated rings. The molecule has 0 bridgehead atoms. The summed E-state index contributed by atoms with van der Waals surface area (Å²) in [6, 6.07) is 11.8. The van der Waals surface area contributed by atoms with Gasteiger partial charge in [0.15, 0.2) is 0 Å². The highest BCUT2D eigenvalue weighted by molar-refractivity contribution is 6.33. The lowest BCUT2D eigenvalue weighted by molar-refractivity contribution is 0.0955. The first kappa shape index (κ1) is 14.1. The Hall–Kier alpha value is -2.33. The molecule has 4 nitrogen and oxygen atoms in total. The summed E-state index contributed by atoms with van der Waals surface area (Å²) in [6.45, 7) is 1.90. The fraction of sp³-hybridized carbons (Fsp3) is 0.0667. The Balaban J connectivity index is 2.09. The number of phenolic OH excluding ortho intramolecular Hbond substituents is 1. The molecular weight excluding hydrogens is 276 g/mol. The predicted molar refractivity (Wildman–Crippen MR) is 79.4 cm³/mol. The second-order valence-corrected chi connectivity index (χ2v) is 4.65. The van der Waals surface area contributed by atoms with Gasteiger partial charge in [0.1, 0.15) is 5.75 Å². The van der Waals surface area contributed by atoms with Gasteiger partial charge in [0.25, 0.3) is 5.91 Å². The van der Waals surface area contributed by atoms with E-state index in [1.165, 1.54) is 6.21 Å². The van der Waals surface area contributed by atoms with Crippen molar-refractivity contribution in [3.8, 4) is 5.75 Å². The summed E-state index contributed by atoms with van der Waals surface area (Å²) in [5.41, 5.74) is 4.24. The second-order valence-electron chi connectivity index (χ2n) is 4.24. The van der Waals surface area contributed by atoms with Crippen LogP contribution in [0.3, 0.4) is 0 Å². The summed E-state index contributed by atoms with van der Waals surface area (Å²) in [6.07, 6.45) is 1.39. The molecule has 102 valence electrons. The number of hydrazone groups is 1. The lowest BCUT2D eigenvalue weighted by Gasteiger charge is -2.02. The number of phenols is 1. The minimum Gasteiger partial charge on any atom is -0.507 e. The van der Waals surface area contributed by atoms with Crippen LogP contribution in [0.2, 0.25) is 5.02 Å². The highest BCUT2D eigenvalue weighted by Gasteiger charge is 2.07. The maximum Gasteiger partial charge on any atom is 0.272 e. The van der Waals surface area contributed by atoms with E-state index in [2.05, 4.69) is 10.5 Å². The van der Waals surface area contributed by atoms with Gasteiger partial charge in [0.2, 0.25) is 0 Å². The molecule has 0 aliphatic carbocycles. The zero-order valence-electron chi connectivity index (χ0n) is 10.8. The molecule has 1 amide bonds. The van der Waals surface area contributed by atoms with Gasteiger partial charge in [0.05, 0.1) is 16.8 Å². The van der Waals surface area contributed by atoms with Crippen molar-refractivity contribution in [2.24, 2.45) is 5.10 Å². The van der Waals surface area contributed by atoms with Crippen LogP contribution >= 0.6 is 11.6 Å². The highest BCUT2D eigenvalue weighted by atomic mass is 35.5. The number of carbonyl (C=O) groups is 1. The Bertz CT molecular complexity index is 669. The molecule has 5 heteroatoms. The van der Waals surface area contributed by atoms with Crippen LogP contribution in [-0.4, -0.2) is 17.2 Å². The van der Waals surface area contributed by atoms with E-state index in [9.17, 15) is 9.90 Å². The largest absolute Gasteiger partial charge is 0.507 e. The number of benzene rings is 2. The maximum atomic E-state index is 11.8. The van der Waals surface area contributed by atoms with Crippen LogP contribution in [-0.2, 0) is 0 Å². The number of aromatic hydroxyl groups is 1. The molecule has 2 aromatic carbocycles. The number of halogens is 1. The van der Waals surface area contributed by atoms with Crippen LogP contribution in [0.15, 0.2) is 47.6 Å². The van der Waals surface area contributed by atoms with Gasteiger partial charge in [-0.15, -0.1) is 0 Å². The van der Waals surface area contributed by atoms with Crippen molar-refractivity contribution in [2.45, 2.75) is 6.92 Å². The molecule has 0 heterocycles. The molecule has 2 aromatic rings. The molecule has 0 atom stereocenters. The van der Waals surface area contributed by atoms with Gasteiger partial charge in [-0.05, 0) is 31.2 Å². The third-order valence-electron chi connectivity index (χ3n) is 2.67. The summed E-state index contributed by atoms with van der Waals surface area (Å²) >= 11 is 5.91. The van der Waals surface area contributed by atoms with Crippen molar-refractivity contribution in [3.63, 3.8) is 0 Å². The van der Waals surface area contributed by atoms with Crippen molar-refractivity contribution in [2.75, 3.05) is 0 Å². The van der Waals surface area contributed by atoms with E-state index >= 15 is 0 Å². The van der Waals surface area contributed by atoms with E-state index in [0.29, 0.717) is 16.1 Å². The number of carbonyl (C=O) groups excluding carboxylic acids is 1. The number of nitrogens with one attached hydrogen (secondary N) is 1. The SMILES string of the molecule is Cc1ccc(O)c(/C=N\NC(=O)c2ccccc2Cl)c1. The molecule has 0 aliphatic heterocycles. The highest BCUT2D eigenvalue weighted by Crippen LogP contribution is 2.16. The fourth-order valence-corrected chi connectivity index (χ4v) is 1.86. The molecule has 0 saturated carbocycles. The first-order valence-corrected chi connectivity index (χ1v) is 6.33. The smallest absolute Gasteiger partial charge is 0.272 e. The Morgan fingerprint density at radius 2 is 2.05 bits per heavy atom. The van der Waals surface area contributed by atoms with Crippen molar-refractivity contribution in [3.05, 3.63) is 64.2 Å². The fourth-order valence-electron chi connectivity index (χ4n) is 1.64. The predicted octanol–water partition coefficient (Wildman–Crippen LogP) is 3.12. The summed E-state index contributed by atoms with van der Waals surface area (Å²) in [4.78, 5) is 11.8. The summed E-state index contributed by atoms with van der Waals surface area (Å²) in [5, 5.41) is 13.8. The topological polar surface area (TPSA) is 61.7 Å². The van der Waals surface area contributed by atoms with E-state index < -0.39 is 5.91 Å². The normalized spacial score (nSPS) is 10.7. The van der Waals surface area contributed by atoms with E-state index in [0.717, 1.165) is 5.56 Å². The second kappa shape index (κ2) is 6.21. The van der Waals surface area contributed by atoms with Crippen molar-refractivity contribution in [1.29, 1.82) is 0 Å². The van der Waals surface area contributed by atoms with Crippen LogP contribution < -0.4 is 5.43 Å². The molecule has 20 heavy (non-hydrogen) atoms. The zero-order chi connectivity index (χ0) is 14.5. The average Bonchev–Trinajstić information content (AvgIpc) is 2.43. The lowest BCUT2D eigenvalue weighted by Crippen LogP contribution is -2.17. The number of hydrogen-bond acceptors (Lipinski definition) is 3. The first-order chi connectivity index (χ1) is 9.58. The molecule has 0 aliphatic rings. The van der Waals surface area contributed by atoms with Gasteiger partial charge < -0.3 is 5.11 Å². The van der Waals surface area contributed by atoms with Gasteiger partial charge in [-0.3, -0.25) is 4.79 Å². The number of rotatable bonds is 3. The Morgan fingerprint density at radius 1 is 1.30 bits per heavy atom. The van der Waals surface area contributed by atoms with Gasteiger partial charge >= 0.3 is 0 Å². The number of hydrogen-bond donors (Lipinski definition) is 2. The van der Waals surface area contributed by atoms with Crippen LogP contribution in [0.4, 0.5) is 0 Å². The van der Waals surface area contributed by atoms with Gasteiger partial charge in [-0.2, -0.15) is 5.10 Å². The third kappa shape index (κ3) is 3.36. The Labute approximate surface area is 121 Å². The minimum atomic E-state index is -0.404. The first-order valence-electron chi connectivity index (χ1n) is 5.95. The molecule has 0 saturated heterocycles. The summed E-state index contributed by atoms with van der Waals surface area (Å²) in [5.74, 6) is -0.301. The molecule has 0 aromatic heterocycles. The van der Waals surface area contributed by atoms with Gasteiger partial charge in [-0.25, -0.2) is 5.43 Å². The quantitative estimate of drug-likeness (QED) is 0.673. The molecule has 2 rings (SSSR count). The summed E-state index contributed by atoms with van der Waals surface area (Å²) < 4.78 is 0. The monoisotopic (exact) mass is 288 g/mol. The average molecular weight is 289 g/mol. The van der Waals surface area contributed by atoms with E-state index in [4.69, 9.17) is 11.6 Å². The Morgan fingerprint density at radius 3 is 2.80 bits per heavy atom. The molecule has 2 N–H and O–H groups in total. The van der Waals surface area contributed by atoms with Crippen LogP contribution in [0.1, 0.15) is 21.5 Å². The van der Waals surface area contributed by atoms with Crippen molar-refractivity contribution >= 4 is 23.7 Å². The van der Waals surface area contributed by atoms with Crippen LogP contribution in [0.25, 0.3) is 0 Å². The van der Waals surface area contributed by atoms with E-state index in [-0.39, 0.29) is 5.75 Å². The molecule has 0 radical (unpaired) electrons. The minimum absolute atomic E-state index is 0.103. The number of amides is 1. The number of aryl methyl sites for hydroxylation is 1. The van der Waals surface area contributed by atoms with Crippen LogP contribution in [0.5, 0.6) is 5.75 Å². The molecular formula is C15H13ClN2O2. The van der Waals surface area contributed by atoms with Crippen LogP contribution in [0, 0.1) is 6.92 Å². The third-order valence-corrected chi connectivity index (χ3v) is 3.00. The molecule has 0 unspecified atom stereocenters. The summed E-state index contributed by atoms with van der Waals surface area (Å²) in [7, 11) is 0.